The first-order valence-corrected chi connectivity index (χ1v) is 10.6. The lowest BCUT2D eigenvalue weighted by atomic mass is 10.1. The van der Waals surface area contributed by atoms with Gasteiger partial charge in [0.2, 0.25) is 5.91 Å². The zero-order valence-electron chi connectivity index (χ0n) is 16.7. The van der Waals surface area contributed by atoms with Crippen molar-refractivity contribution < 1.29 is 9.18 Å². The molecule has 5 nitrogen and oxygen atoms in total. The Morgan fingerprint density at radius 3 is 2.73 bits per heavy atom. The van der Waals surface area contributed by atoms with Crippen LogP contribution in [0, 0.1) is 12.7 Å². The third-order valence-electron chi connectivity index (χ3n) is 4.69. The van der Waals surface area contributed by atoms with Gasteiger partial charge in [-0.3, -0.25) is 4.79 Å². The Labute approximate surface area is 178 Å². The standard InChI is InChI=1S/C23H21FN4OS/c1-3-16-5-4-6-19(12-16)27-21(29)14-30-22-11-15(2)26-23-20(13-25-28(22)23)17-7-9-18(24)10-8-17/h4-13H,3,14H2,1-2H3,(H,27,29). The lowest BCUT2D eigenvalue weighted by Crippen LogP contribution is -2.14. The Balaban J connectivity index is 1.54. The molecular weight excluding hydrogens is 399 g/mol. The SMILES string of the molecule is CCc1cccc(NC(=O)CSc2cc(C)nc3c(-c4ccc(F)cc4)cnn23)c1. The number of hydrogen-bond acceptors (Lipinski definition) is 4. The first-order chi connectivity index (χ1) is 14.5. The Kier molecular flexibility index (Phi) is 5.81. The first-order valence-electron chi connectivity index (χ1n) is 9.66. The molecule has 0 saturated heterocycles. The van der Waals surface area contributed by atoms with Crippen LogP contribution in [0.15, 0.2) is 65.8 Å². The Bertz CT molecular complexity index is 1200. The maximum Gasteiger partial charge on any atom is 0.234 e. The molecule has 1 N–H and O–H groups in total. The molecule has 2 aromatic heterocycles. The number of nitrogens with zero attached hydrogens (tertiary/aromatic N) is 3. The largest absolute Gasteiger partial charge is 0.325 e. The van der Waals surface area contributed by atoms with E-state index in [9.17, 15) is 9.18 Å². The average molecular weight is 421 g/mol. The molecule has 0 spiro atoms. The maximum absolute atomic E-state index is 13.3. The molecule has 0 radical (unpaired) electrons. The zero-order valence-corrected chi connectivity index (χ0v) is 17.5. The summed E-state index contributed by atoms with van der Waals surface area (Å²) in [6.07, 6.45) is 2.64. The molecule has 1 amide bonds. The molecule has 0 fully saturated rings. The lowest BCUT2D eigenvalue weighted by molar-refractivity contribution is -0.113. The van der Waals surface area contributed by atoms with Gasteiger partial charge in [-0.2, -0.15) is 5.10 Å². The minimum atomic E-state index is -0.286. The summed E-state index contributed by atoms with van der Waals surface area (Å²) in [6, 6.07) is 16.0. The van der Waals surface area contributed by atoms with E-state index in [1.165, 1.54) is 29.5 Å². The van der Waals surface area contributed by atoms with Crippen LogP contribution in [0.1, 0.15) is 18.2 Å². The van der Waals surface area contributed by atoms with Gasteiger partial charge in [-0.15, -0.1) is 0 Å². The summed E-state index contributed by atoms with van der Waals surface area (Å²) in [4.78, 5) is 17.1. The number of nitrogens with one attached hydrogen (secondary N) is 1. The van der Waals surface area contributed by atoms with E-state index < -0.39 is 0 Å². The number of carbonyl (C=O) groups is 1. The van der Waals surface area contributed by atoms with E-state index in [1.807, 2.05) is 37.3 Å². The van der Waals surface area contributed by atoms with Crippen molar-refractivity contribution in [1.29, 1.82) is 0 Å². The predicted molar refractivity (Wildman–Crippen MR) is 118 cm³/mol. The highest BCUT2D eigenvalue weighted by Crippen LogP contribution is 2.28. The van der Waals surface area contributed by atoms with Gasteiger partial charge in [0.25, 0.3) is 0 Å². The van der Waals surface area contributed by atoms with Gasteiger partial charge in [0.1, 0.15) is 10.8 Å². The number of benzene rings is 2. The number of halogens is 1. The molecule has 0 aliphatic carbocycles. The molecule has 4 rings (SSSR count). The first kappa shape index (κ1) is 20.1. The Hall–Kier alpha value is -3.19. The Morgan fingerprint density at radius 2 is 1.97 bits per heavy atom. The molecule has 0 aliphatic rings. The van der Waals surface area contributed by atoms with Crippen molar-refractivity contribution in [1.82, 2.24) is 14.6 Å². The van der Waals surface area contributed by atoms with E-state index in [1.54, 1.807) is 22.8 Å². The van der Waals surface area contributed by atoms with E-state index in [-0.39, 0.29) is 17.5 Å². The summed E-state index contributed by atoms with van der Waals surface area (Å²) in [5.74, 6) is -0.117. The predicted octanol–water partition coefficient (Wildman–Crippen LogP) is 5.14. The monoisotopic (exact) mass is 420 g/mol. The molecule has 0 atom stereocenters. The van der Waals surface area contributed by atoms with Gasteiger partial charge in [-0.05, 0) is 54.8 Å². The molecule has 0 saturated carbocycles. The van der Waals surface area contributed by atoms with Crippen molar-refractivity contribution in [2.24, 2.45) is 0 Å². The average Bonchev–Trinajstić information content (AvgIpc) is 3.16. The van der Waals surface area contributed by atoms with Crippen LogP contribution in [0.5, 0.6) is 0 Å². The highest BCUT2D eigenvalue weighted by molar-refractivity contribution is 7.99. The van der Waals surface area contributed by atoms with Crippen LogP contribution in [-0.2, 0) is 11.2 Å². The van der Waals surface area contributed by atoms with Crippen LogP contribution in [-0.4, -0.2) is 26.3 Å². The van der Waals surface area contributed by atoms with Gasteiger partial charge in [-0.1, -0.05) is 43.0 Å². The zero-order chi connectivity index (χ0) is 21.1. The van der Waals surface area contributed by atoms with Gasteiger partial charge in [-0.25, -0.2) is 13.9 Å². The van der Waals surface area contributed by atoms with Crippen molar-refractivity contribution in [2.75, 3.05) is 11.1 Å². The fourth-order valence-corrected chi connectivity index (χ4v) is 4.05. The van der Waals surface area contributed by atoms with Gasteiger partial charge in [0, 0.05) is 16.9 Å². The minimum absolute atomic E-state index is 0.0817. The number of aromatic nitrogens is 3. The van der Waals surface area contributed by atoms with Crippen molar-refractivity contribution in [3.63, 3.8) is 0 Å². The topological polar surface area (TPSA) is 59.3 Å². The third kappa shape index (κ3) is 4.36. The summed E-state index contributed by atoms with van der Waals surface area (Å²) in [6.45, 7) is 3.99. The van der Waals surface area contributed by atoms with Crippen LogP contribution in [0.2, 0.25) is 0 Å². The molecule has 30 heavy (non-hydrogen) atoms. The van der Waals surface area contributed by atoms with Crippen LogP contribution < -0.4 is 5.32 Å². The summed E-state index contributed by atoms with van der Waals surface area (Å²) in [5, 5.41) is 8.22. The number of hydrogen-bond donors (Lipinski definition) is 1. The highest BCUT2D eigenvalue weighted by Gasteiger charge is 2.14. The highest BCUT2D eigenvalue weighted by atomic mass is 32.2. The number of rotatable bonds is 6. The van der Waals surface area contributed by atoms with E-state index in [2.05, 4.69) is 22.3 Å². The van der Waals surface area contributed by atoms with Gasteiger partial charge >= 0.3 is 0 Å². The molecule has 0 aliphatic heterocycles. The number of fused-ring (bicyclic) bond motifs is 1. The normalized spacial score (nSPS) is 11.0. The van der Waals surface area contributed by atoms with E-state index in [0.29, 0.717) is 5.65 Å². The van der Waals surface area contributed by atoms with Gasteiger partial charge in [0.15, 0.2) is 5.65 Å². The maximum atomic E-state index is 13.3. The third-order valence-corrected chi connectivity index (χ3v) is 5.69. The molecule has 2 heterocycles. The fraction of sp³-hybridized carbons (Fsp3) is 0.174. The van der Waals surface area contributed by atoms with Crippen molar-refractivity contribution in [3.05, 3.63) is 77.9 Å². The summed E-state index contributed by atoms with van der Waals surface area (Å²) in [5.41, 5.74) is 5.14. The summed E-state index contributed by atoms with van der Waals surface area (Å²) in [7, 11) is 0. The van der Waals surface area contributed by atoms with Crippen LogP contribution >= 0.6 is 11.8 Å². The molecular formula is C23H21FN4OS. The van der Waals surface area contributed by atoms with E-state index in [4.69, 9.17) is 0 Å². The molecule has 0 unspecified atom stereocenters. The van der Waals surface area contributed by atoms with Crippen molar-refractivity contribution in [2.45, 2.75) is 25.3 Å². The number of amides is 1. The van der Waals surface area contributed by atoms with Gasteiger partial charge < -0.3 is 5.32 Å². The fourth-order valence-electron chi connectivity index (χ4n) is 3.19. The molecule has 152 valence electrons. The summed E-state index contributed by atoms with van der Waals surface area (Å²) >= 11 is 1.40. The Morgan fingerprint density at radius 1 is 1.17 bits per heavy atom. The number of anilines is 1. The van der Waals surface area contributed by atoms with Crippen molar-refractivity contribution in [3.8, 4) is 11.1 Å². The molecule has 7 heteroatoms. The summed E-state index contributed by atoms with van der Waals surface area (Å²) < 4.78 is 15.0. The van der Waals surface area contributed by atoms with Gasteiger partial charge in [0.05, 0.1) is 11.9 Å². The number of aryl methyl sites for hydroxylation is 2. The van der Waals surface area contributed by atoms with Crippen LogP contribution in [0.4, 0.5) is 10.1 Å². The number of carbonyl (C=O) groups excluding carboxylic acids is 1. The smallest absolute Gasteiger partial charge is 0.234 e. The lowest BCUT2D eigenvalue weighted by Gasteiger charge is -2.08. The van der Waals surface area contributed by atoms with Crippen LogP contribution in [0.3, 0.4) is 0 Å². The quantitative estimate of drug-likeness (QED) is 0.347. The minimum Gasteiger partial charge on any atom is -0.325 e. The van der Waals surface area contributed by atoms with E-state index in [0.717, 1.165) is 34.0 Å². The molecule has 2 aromatic carbocycles. The van der Waals surface area contributed by atoms with Crippen molar-refractivity contribution >= 4 is 29.0 Å². The van der Waals surface area contributed by atoms with E-state index >= 15 is 0 Å². The molecule has 0 bridgehead atoms. The second kappa shape index (κ2) is 8.67. The second-order valence-corrected chi connectivity index (χ2v) is 7.92. The molecule has 4 aromatic rings. The van der Waals surface area contributed by atoms with Crippen LogP contribution in [0.25, 0.3) is 16.8 Å². The second-order valence-electron chi connectivity index (χ2n) is 6.93. The number of thioether (sulfide) groups is 1.